The molecule has 1 unspecified atom stereocenters. The molecule has 0 aromatic heterocycles. The predicted octanol–water partition coefficient (Wildman–Crippen LogP) is 1.68. The number of rotatable bonds is 2. The molecule has 0 aromatic rings. The number of carbonyl (C=O) groups is 1. The van der Waals surface area contributed by atoms with E-state index in [9.17, 15) is 9.90 Å². The van der Waals surface area contributed by atoms with Gasteiger partial charge in [0.25, 0.3) is 0 Å². The van der Waals surface area contributed by atoms with E-state index in [2.05, 4.69) is 6.58 Å². The van der Waals surface area contributed by atoms with Crippen LogP contribution in [0.25, 0.3) is 0 Å². The monoisotopic (exact) mass is 168 g/mol. The Hall–Kier alpha value is -0.630. The summed E-state index contributed by atoms with van der Waals surface area (Å²) < 4.78 is 0. The minimum atomic E-state index is -0.405. The van der Waals surface area contributed by atoms with Gasteiger partial charge < -0.3 is 5.11 Å². The summed E-state index contributed by atoms with van der Waals surface area (Å²) in [6, 6.07) is 0. The van der Waals surface area contributed by atoms with Crippen LogP contribution in [-0.2, 0) is 4.79 Å². The molecule has 0 aliphatic heterocycles. The molecule has 0 heterocycles. The third kappa shape index (κ3) is 2.18. The van der Waals surface area contributed by atoms with Crippen molar-refractivity contribution in [2.24, 2.45) is 5.92 Å². The van der Waals surface area contributed by atoms with Crippen molar-refractivity contribution < 1.29 is 9.90 Å². The number of aliphatic hydroxyl groups is 1. The van der Waals surface area contributed by atoms with Gasteiger partial charge in [-0.3, -0.25) is 4.79 Å². The van der Waals surface area contributed by atoms with E-state index in [4.69, 9.17) is 0 Å². The van der Waals surface area contributed by atoms with Gasteiger partial charge in [0.05, 0.1) is 6.10 Å². The Morgan fingerprint density at radius 3 is 2.50 bits per heavy atom. The minimum Gasteiger partial charge on any atom is -0.388 e. The molecule has 1 rings (SSSR count). The maximum atomic E-state index is 10.9. The van der Waals surface area contributed by atoms with Gasteiger partial charge in [0.15, 0.2) is 0 Å². The summed E-state index contributed by atoms with van der Waals surface area (Å²) in [5.74, 6) is 0.598. The first kappa shape index (κ1) is 9.46. The molecule has 12 heavy (non-hydrogen) atoms. The lowest BCUT2D eigenvalue weighted by Gasteiger charge is -2.25. The lowest BCUT2D eigenvalue weighted by atomic mass is 9.83. The van der Waals surface area contributed by atoms with Crippen molar-refractivity contribution >= 4 is 5.78 Å². The highest BCUT2D eigenvalue weighted by atomic mass is 16.3. The first-order valence-corrected chi connectivity index (χ1v) is 4.46. The summed E-state index contributed by atoms with van der Waals surface area (Å²) in [5, 5.41) is 9.63. The fourth-order valence-corrected chi connectivity index (χ4v) is 1.68. The van der Waals surface area contributed by atoms with E-state index in [-0.39, 0.29) is 5.92 Å². The molecule has 2 heteroatoms. The maximum Gasteiger partial charge on any atom is 0.132 e. The average Bonchev–Trinajstić information content (AvgIpc) is 2.04. The topological polar surface area (TPSA) is 37.3 Å². The van der Waals surface area contributed by atoms with Crippen molar-refractivity contribution in [3.05, 3.63) is 12.2 Å². The van der Waals surface area contributed by atoms with Crippen molar-refractivity contribution in [1.29, 1.82) is 0 Å². The Kier molecular flexibility index (Phi) is 3.04. The largest absolute Gasteiger partial charge is 0.388 e. The molecule has 1 atom stereocenters. The van der Waals surface area contributed by atoms with E-state index in [0.717, 1.165) is 18.4 Å². The highest BCUT2D eigenvalue weighted by Crippen LogP contribution is 2.26. The van der Waals surface area contributed by atoms with Crippen molar-refractivity contribution in [3.63, 3.8) is 0 Å². The van der Waals surface area contributed by atoms with Crippen LogP contribution < -0.4 is 0 Å². The molecule has 0 spiro atoms. The number of ketones is 1. The normalized spacial score (nSPS) is 22.3. The zero-order valence-electron chi connectivity index (χ0n) is 7.55. The van der Waals surface area contributed by atoms with Crippen LogP contribution in [0.2, 0.25) is 0 Å². The fraction of sp³-hybridized carbons (Fsp3) is 0.700. The van der Waals surface area contributed by atoms with Crippen LogP contribution in [0.15, 0.2) is 12.2 Å². The number of Topliss-reactive ketones (excluding diaryl/α,β-unsaturated/α-hetero) is 1. The molecular formula is C10H16O2. The highest BCUT2D eigenvalue weighted by Gasteiger charge is 2.24. The Balaban J connectivity index is 2.44. The lowest BCUT2D eigenvalue weighted by molar-refractivity contribution is -0.121. The second-order valence-electron chi connectivity index (χ2n) is 3.67. The number of aliphatic hydroxyl groups excluding tert-OH is 1. The van der Waals surface area contributed by atoms with Crippen LogP contribution in [0, 0.1) is 5.92 Å². The third-order valence-corrected chi connectivity index (χ3v) is 2.54. The van der Waals surface area contributed by atoms with Crippen molar-refractivity contribution in [1.82, 2.24) is 0 Å². The molecule has 0 saturated heterocycles. The van der Waals surface area contributed by atoms with Crippen molar-refractivity contribution in [2.75, 3.05) is 0 Å². The Labute approximate surface area is 73.3 Å². The van der Waals surface area contributed by atoms with Gasteiger partial charge in [0, 0.05) is 12.8 Å². The van der Waals surface area contributed by atoms with Crippen LogP contribution >= 0.6 is 0 Å². The minimum absolute atomic E-state index is 0.264. The summed E-state index contributed by atoms with van der Waals surface area (Å²) >= 11 is 0. The Morgan fingerprint density at radius 2 is 2.08 bits per heavy atom. The van der Waals surface area contributed by atoms with Crippen LogP contribution in [0.4, 0.5) is 0 Å². The van der Waals surface area contributed by atoms with Crippen LogP contribution in [-0.4, -0.2) is 17.0 Å². The van der Waals surface area contributed by atoms with Crippen LogP contribution in [0.5, 0.6) is 0 Å². The summed E-state index contributed by atoms with van der Waals surface area (Å²) in [4.78, 5) is 10.9. The van der Waals surface area contributed by atoms with Gasteiger partial charge in [0.2, 0.25) is 0 Å². The van der Waals surface area contributed by atoms with E-state index < -0.39 is 6.10 Å². The number of hydrogen-bond donors (Lipinski definition) is 1. The summed E-state index contributed by atoms with van der Waals surface area (Å²) in [7, 11) is 0. The number of carbonyl (C=O) groups excluding carboxylic acids is 1. The highest BCUT2D eigenvalue weighted by molar-refractivity contribution is 5.79. The lowest BCUT2D eigenvalue weighted by Crippen LogP contribution is -2.26. The molecule has 1 fully saturated rings. The van der Waals surface area contributed by atoms with Crippen LogP contribution in [0.3, 0.4) is 0 Å². The van der Waals surface area contributed by atoms with Crippen molar-refractivity contribution in [3.8, 4) is 0 Å². The molecule has 1 N–H and O–H groups in total. The van der Waals surface area contributed by atoms with E-state index >= 15 is 0 Å². The SMILES string of the molecule is C=C(C)C(O)C1CCC(=O)CC1. The second kappa shape index (κ2) is 3.85. The first-order chi connectivity index (χ1) is 5.61. The first-order valence-electron chi connectivity index (χ1n) is 4.46. The standard InChI is InChI=1S/C10H16O2/c1-7(2)10(12)8-3-5-9(11)6-4-8/h8,10,12H,1,3-6H2,2H3. The molecule has 0 aromatic carbocycles. The van der Waals surface area contributed by atoms with Gasteiger partial charge in [0.1, 0.15) is 5.78 Å². The zero-order valence-corrected chi connectivity index (χ0v) is 7.55. The second-order valence-corrected chi connectivity index (χ2v) is 3.67. The number of hydrogen-bond acceptors (Lipinski definition) is 2. The van der Waals surface area contributed by atoms with Crippen LogP contribution in [0.1, 0.15) is 32.6 Å². The fourth-order valence-electron chi connectivity index (χ4n) is 1.68. The smallest absolute Gasteiger partial charge is 0.132 e. The predicted molar refractivity (Wildman–Crippen MR) is 47.8 cm³/mol. The Morgan fingerprint density at radius 1 is 1.58 bits per heavy atom. The molecule has 1 aliphatic rings. The summed E-state index contributed by atoms with van der Waals surface area (Å²) in [6.07, 6.45) is 2.52. The van der Waals surface area contributed by atoms with Gasteiger partial charge in [-0.2, -0.15) is 0 Å². The third-order valence-electron chi connectivity index (χ3n) is 2.54. The molecule has 68 valence electrons. The summed E-state index contributed by atoms with van der Waals surface area (Å²) in [6.45, 7) is 5.55. The van der Waals surface area contributed by atoms with Gasteiger partial charge in [-0.1, -0.05) is 12.2 Å². The van der Waals surface area contributed by atoms with Gasteiger partial charge in [-0.05, 0) is 25.7 Å². The van der Waals surface area contributed by atoms with Gasteiger partial charge >= 0.3 is 0 Å². The zero-order chi connectivity index (χ0) is 9.14. The van der Waals surface area contributed by atoms with E-state index in [0.29, 0.717) is 18.6 Å². The summed E-state index contributed by atoms with van der Waals surface area (Å²) in [5.41, 5.74) is 0.814. The van der Waals surface area contributed by atoms with E-state index in [1.165, 1.54) is 0 Å². The average molecular weight is 168 g/mol. The van der Waals surface area contributed by atoms with E-state index in [1.54, 1.807) is 0 Å². The molecule has 0 amide bonds. The van der Waals surface area contributed by atoms with Gasteiger partial charge in [-0.15, -0.1) is 0 Å². The van der Waals surface area contributed by atoms with Gasteiger partial charge in [-0.25, -0.2) is 0 Å². The Bertz CT molecular complexity index is 186. The molecule has 0 radical (unpaired) electrons. The van der Waals surface area contributed by atoms with Crippen molar-refractivity contribution in [2.45, 2.75) is 38.7 Å². The quantitative estimate of drug-likeness (QED) is 0.637. The molecule has 0 bridgehead atoms. The maximum absolute atomic E-state index is 10.9. The molecule has 1 aliphatic carbocycles. The molecular weight excluding hydrogens is 152 g/mol. The molecule has 1 saturated carbocycles. The molecule has 2 nitrogen and oxygen atoms in total. The van der Waals surface area contributed by atoms with E-state index in [1.807, 2.05) is 6.92 Å².